The summed E-state index contributed by atoms with van der Waals surface area (Å²) < 4.78 is 0. The van der Waals surface area contributed by atoms with Gasteiger partial charge < -0.3 is 15.5 Å². The second kappa shape index (κ2) is 4.08. The first-order valence-corrected chi connectivity index (χ1v) is 5.35. The number of nitrogens with zero attached hydrogens (tertiary/aromatic N) is 3. The zero-order valence-corrected chi connectivity index (χ0v) is 9.75. The van der Waals surface area contributed by atoms with Gasteiger partial charge in [0.1, 0.15) is 0 Å². The maximum atomic E-state index is 11.8. The van der Waals surface area contributed by atoms with Crippen LogP contribution in [0.4, 0.5) is 4.79 Å². The Morgan fingerprint density at radius 2 is 2.24 bits per heavy atom. The largest absolute Gasteiger partial charge is 0.370 e. The third-order valence-corrected chi connectivity index (χ3v) is 2.93. The van der Waals surface area contributed by atoms with Gasteiger partial charge in [0.25, 0.3) is 5.91 Å². The molecular formula is C10H15N5O2. The number of carbonyl (C=O) groups is 2. The highest BCUT2D eigenvalue weighted by atomic mass is 16.2. The van der Waals surface area contributed by atoms with Crippen LogP contribution in [0.1, 0.15) is 6.92 Å². The van der Waals surface area contributed by atoms with Gasteiger partial charge in [0.05, 0.1) is 0 Å². The van der Waals surface area contributed by atoms with Gasteiger partial charge in [0.2, 0.25) is 0 Å². The average Bonchev–Trinajstić information content (AvgIpc) is 2.61. The standard InChI is InChI=1S/C10H15N5O2/c1-3-4-5-15-6-7(12-9(15)11)14(2)10(17)13-8(6)16/h3-4,6-7H,5H2,1-2H3,(H2,11,12)(H,13,16,17)/b4-3+. The van der Waals surface area contributed by atoms with Crippen LogP contribution >= 0.6 is 0 Å². The molecule has 0 saturated carbocycles. The van der Waals surface area contributed by atoms with Crippen molar-refractivity contribution in [3.63, 3.8) is 0 Å². The first kappa shape index (κ1) is 11.4. The molecule has 3 N–H and O–H groups in total. The van der Waals surface area contributed by atoms with Crippen molar-refractivity contribution >= 4 is 17.9 Å². The highest BCUT2D eigenvalue weighted by molar-refractivity contribution is 6.03. The van der Waals surface area contributed by atoms with Crippen molar-refractivity contribution in [2.45, 2.75) is 19.1 Å². The maximum absolute atomic E-state index is 11.8. The molecule has 0 aromatic rings. The third kappa shape index (κ3) is 1.73. The Kier molecular flexibility index (Phi) is 2.74. The quantitative estimate of drug-likeness (QED) is 0.607. The molecule has 7 heteroatoms. The smallest absolute Gasteiger partial charge is 0.325 e. The molecule has 0 aromatic carbocycles. The molecule has 2 heterocycles. The highest BCUT2D eigenvalue weighted by Gasteiger charge is 2.47. The summed E-state index contributed by atoms with van der Waals surface area (Å²) in [6, 6.07) is -0.977. The van der Waals surface area contributed by atoms with E-state index in [-0.39, 0.29) is 11.9 Å². The number of urea groups is 1. The van der Waals surface area contributed by atoms with Gasteiger partial charge in [-0.2, -0.15) is 0 Å². The molecule has 2 unspecified atom stereocenters. The van der Waals surface area contributed by atoms with Gasteiger partial charge in [-0.05, 0) is 6.92 Å². The molecule has 0 aromatic heterocycles. The minimum absolute atomic E-state index is 0.287. The van der Waals surface area contributed by atoms with Crippen LogP contribution in [0.2, 0.25) is 0 Å². The molecular weight excluding hydrogens is 222 g/mol. The summed E-state index contributed by atoms with van der Waals surface area (Å²) in [6.07, 6.45) is 3.23. The van der Waals surface area contributed by atoms with Crippen LogP contribution in [0.25, 0.3) is 0 Å². The SMILES string of the molecule is C/C=C/CN1C(N)=NC2C1C(=O)NC(=O)N2C. The van der Waals surface area contributed by atoms with Crippen molar-refractivity contribution in [3.05, 3.63) is 12.2 Å². The number of allylic oxidation sites excluding steroid dienone is 1. The number of fused-ring (bicyclic) bond motifs is 1. The highest BCUT2D eigenvalue weighted by Crippen LogP contribution is 2.22. The van der Waals surface area contributed by atoms with Gasteiger partial charge in [0, 0.05) is 13.6 Å². The van der Waals surface area contributed by atoms with Crippen molar-refractivity contribution in [2.75, 3.05) is 13.6 Å². The van der Waals surface area contributed by atoms with E-state index in [2.05, 4.69) is 10.3 Å². The van der Waals surface area contributed by atoms with Crippen LogP contribution in [-0.4, -0.2) is 53.5 Å². The van der Waals surface area contributed by atoms with Gasteiger partial charge in [-0.1, -0.05) is 12.2 Å². The lowest BCUT2D eigenvalue weighted by atomic mass is 10.1. The van der Waals surface area contributed by atoms with Crippen LogP contribution in [0.5, 0.6) is 0 Å². The maximum Gasteiger partial charge on any atom is 0.325 e. The minimum Gasteiger partial charge on any atom is -0.370 e. The Labute approximate surface area is 99.0 Å². The predicted octanol–water partition coefficient (Wildman–Crippen LogP) is -0.931. The average molecular weight is 237 g/mol. The number of likely N-dealkylation sites (N-methyl/N-ethyl adjacent to an activating group) is 1. The summed E-state index contributed by atoms with van der Waals surface area (Å²) in [5, 5.41) is 2.28. The number of nitrogens with two attached hydrogens (primary N) is 1. The molecule has 2 rings (SSSR count). The summed E-state index contributed by atoms with van der Waals surface area (Å²) in [5.74, 6) is -0.0680. The molecule has 1 fully saturated rings. The lowest BCUT2D eigenvalue weighted by Crippen LogP contribution is -2.64. The minimum atomic E-state index is -0.533. The van der Waals surface area contributed by atoms with E-state index in [9.17, 15) is 9.59 Å². The third-order valence-electron chi connectivity index (χ3n) is 2.93. The number of imide groups is 1. The number of hydrogen-bond donors (Lipinski definition) is 2. The molecule has 2 atom stereocenters. The zero-order valence-electron chi connectivity index (χ0n) is 9.75. The Morgan fingerprint density at radius 3 is 2.88 bits per heavy atom. The number of aliphatic imine (C=N–C) groups is 1. The van der Waals surface area contributed by atoms with E-state index in [4.69, 9.17) is 5.73 Å². The summed E-state index contributed by atoms with van der Waals surface area (Å²) in [6.45, 7) is 2.39. The second-order valence-electron chi connectivity index (χ2n) is 3.97. The fourth-order valence-electron chi connectivity index (χ4n) is 1.97. The second-order valence-corrected chi connectivity index (χ2v) is 3.97. The summed E-state index contributed by atoms with van der Waals surface area (Å²) in [4.78, 5) is 30.4. The van der Waals surface area contributed by atoms with E-state index >= 15 is 0 Å². The normalized spacial score (nSPS) is 28.5. The lowest BCUT2D eigenvalue weighted by Gasteiger charge is -2.35. The number of rotatable bonds is 2. The monoisotopic (exact) mass is 237 g/mol. The molecule has 0 bridgehead atoms. The van der Waals surface area contributed by atoms with Crippen molar-refractivity contribution in [2.24, 2.45) is 10.7 Å². The Morgan fingerprint density at radius 1 is 1.53 bits per heavy atom. The summed E-state index contributed by atoms with van der Waals surface area (Å²) >= 11 is 0. The Balaban J connectivity index is 2.26. The van der Waals surface area contributed by atoms with Crippen LogP contribution in [-0.2, 0) is 4.79 Å². The number of guanidine groups is 1. The molecule has 17 heavy (non-hydrogen) atoms. The lowest BCUT2D eigenvalue weighted by molar-refractivity contribution is -0.126. The van der Waals surface area contributed by atoms with Gasteiger partial charge >= 0.3 is 6.03 Å². The van der Waals surface area contributed by atoms with Crippen LogP contribution in [0, 0.1) is 0 Å². The number of amides is 3. The first-order chi connectivity index (χ1) is 8.06. The first-order valence-electron chi connectivity index (χ1n) is 5.35. The van der Waals surface area contributed by atoms with Crippen molar-refractivity contribution in [1.82, 2.24) is 15.1 Å². The molecule has 0 radical (unpaired) electrons. The summed E-state index contributed by atoms with van der Waals surface area (Å²) in [5.41, 5.74) is 5.77. The van der Waals surface area contributed by atoms with Crippen molar-refractivity contribution < 1.29 is 9.59 Å². The van der Waals surface area contributed by atoms with E-state index in [0.29, 0.717) is 6.54 Å². The van der Waals surface area contributed by atoms with Crippen LogP contribution in [0.3, 0.4) is 0 Å². The fraction of sp³-hybridized carbons (Fsp3) is 0.500. The van der Waals surface area contributed by atoms with E-state index in [0.717, 1.165) is 0 Å². The topological polar surface area (TPSA) is 91.0 Å². The van der Waals surface area contributed by atoms with E-state index in [1.165, 1.54) is 4.90 Å². The number of carbonyl (C=O) groups excluding carboxylic acids is 2. The van der Waals surface area contributed by atoms with Crippen molar-refractivity contribution in [1.29, 1.82) is 0 Å². The van der Waals surface area contributed by atoms with E-state index in [1.807, 2.05) is 19.1 Å². The Bertz CT molecular complexity index is 417. The van der Waals surface area contributed by atoms with Gasteiger partial charge in [-0.25, -0.2) is 9.79 Å². The fourth-order valence-corrected chi connectivity index (χ4v) is 1.97. The van der Waals surface area contributed by atoms with Gasteiger partial charge in [0.15, 0.2) is 18.2 Å². The van der Waals surface area contributed by atoms with Crippen molar-refractivity contribution in [3.8, 4) is 0 Å². The number of nitrogens with one attached hydrogen (secondary N) is 1. The molecule has 92 valence electrons. The Hall–Kier alpha value is -2.05. The molecule has 7 nitrogen and oxygen atoms in total. The summed E-state index contributed by atoms with van der Waals surface area (Å²) in [7, 11) is 1.59. The molecule has 3 amide bonds. The van der Waals surface area contributed by atoms with Gasteiger partial charge in [-0.15, -0.1) is 0 Å². The predicted molar refractivity (Wildman–Crippen MR) is 62.0 cm³/mol. The van der Waals surface area contributed by atoms with Crippen LogP contribution < -0.4 is 11.1 Å². The molecule has 2 aliphatic heterocycles. The molecule has 0 spiro atoms. The number of hydrogen-bond acceptors (Lipinski definition) is 5. The van der Waals surface area contributed by atoms with Gasteiger partial charge in [-0.3, -0.25) is 10.1 Å². The van der Waals surface area contributed by atoms with E-state index < -0.39 is 18.2 Å². The molecule has 2 aliphatic rings. The van der Waals surface area contributed by atoms with Crippen LogP contribution in [0.15, 0.2) is 17.1 Å². The molecule has 1 saturated heterocycles. The molecule has 0 aliphatic carbocycles. The van der Waals surface area contributed by atoms with E-state index in [1.54, 1.807) is 11.9 Å². The zero-order chi connectivity index (χ0) is 12.6.